The van der Waals surface area contributed by atoms with Gasteiger partial charge < -0.3 is 15.8 Å². The molecule has 19 heavy (non-hydrogen) atoms. The SMILES string of the molecule is CC1CC(Nc2cccc(Cl)c2)(C(N)=O)CC(C)O1. The average molecular weight is 283 g/mol. The van der Waals surface area contributed by atoms with Crippen molar-refractivity contribution in [1.29, 1.82) is 0 Å². The van der Waals surface area contributed by atoms with Crippen molar-refractivity contribution in [3.8, 4) is 0 Å². The van der Waals surface area contributed by atoms with E-state index in [0.717, 1.165) is 5.69 Å². The highest BCUT2D eigenvalue weighted by molar-refractivity contribution is 6.30. The molecule has 1 heterocycles. The van der Waals surface area contributed by atoms with Crippen molar-refractivity contribution in [3.05, 3.63) is 29.3 Å². The largest absolute Gasteiger partial charge is 0.375 e. The molecule has 0 bridgehead atoms. The van der Waals surface area contributed by atoms with Gasteiger partial charge in [0.05, 0.1) is 12.2 Å². The van der Waals surface area contributed by atoms with Crippen molar-refractivity contribution in [3.63, 3.8) is 0 Å². The summed E-state index contributed by atoms with van der Waals surface area (Å²) in [6, 6.07) is 7.29. The molecule has 1 aromatic carbocycles. The summed E-state index contributed by atoms with van der Waals surface area (Å²) in [5.74, 6) is -0.352. The molecule has 4 nitrogen and oxygen atoms in total. The molecule has 0 aromatic heterocycles. The molecule has 1 aliphatic heterocycles. The van der Waals surface area contributed by atoms with Crippen LogP contribution in [0.5, 0.6) is 0 Å². The van der Waals surface area contributed by atoms with E-state index in [1.807, 2.05) is 26.0 Å². The van der Waals surface area contributed by atoms with E-state index in [9.17, 15) is 4.79 Å². The predicted molar refractivity (Wildman–Crippen MR) is 76.2 cm³/mol. The molecule has 1 aromatic rings. The molecule has 0 saturated carbocycles. The Hall–Kier alpha value is -1.26. The summed E-state index contributed by atoms with van der Waals surface area (Å²) < 4.78 is 5.68. The molecule has 2 unspecified atom stereocenters. The maximum atomic E-state index is 11.9. The zero-order chi connectivity index (χ0) is 14.0. The van der Waals surface area contributed by atoms with Crippen molar-refractivity contribution in [1.82, 2.24) is 0 Å². The van der Waals surface area contributed by atoms with Crippen LogP contribution in [-0.2, 0) is 9.53 Å². The number of nitrogens with one attached hydrogen (secondary N) is 1. The molecule has 2 atom stereocenters. The van der Waals surface area contributed by atoms with Crippen LogP contribution in [0.25, 0.3) is 0 Å². The second kappa shape index (κ2) is 5.39. The Morgan fingerprint density at radius 3 is 2.58 bits per heavy atom. The highest BCUT2D eigenvalue weighted by Crippen LogP contribution is 2.32. The Labute approximate surface area is 118 Å². The van der Waals surface area contributed by atoms with Gasteiger partial charge >= 0.3 is 0 Å². The maximum Gasteiger partial charge on any atom is 0.243 e. The Morgan fingerprint density at radius 2 is 2.05 bits per heavy atom. The number of amides is 1. The first-order valence-electron chi connectivity index (χ1n) is 6.40. The third-order valence-corrected chi connectivity index (χ3v) is 3.65. The number of ether oxygens (including phenoxy) is 1. The summed E-state index contributed by atoms with van der Waals surface area (Å²) in [6.07, 6.45) is 1.09. The number of hydrogen-bond donors (Lipinski definition) is 2. The Balaban J connectivity index is 2.27. The van der Waals surface area contributed by atoms with E-state index < -0.39 is 5.54 Å². The first-order chi connectivity index (χ1) is 8.91. The lowest BCUT2D eigenvalue weighted by Crippen LogP contribution is -2.57. The fourth-order valence-electron chi connectivity index (χ4n) is 2.76. The minimum Gasteiger partial charge on any atom is -0.375 e. The van der Waals surface area contributed by atoms with Gasteiger partial charge in [0, 0.05) is 23.6 Å². The fourth-order valence-corrected chi connectivity index (χ4v) is 2.96. The van der Waals surface area contributed by atoms with Gasteiger partial charge in [-0.25, -0.2) is 0 Å². The monoisotopic (exact) mass is 282 g/mol. The number of nitrogens with two attached hydrogens (primary N) is 1. The summed E-state index contributed by atoms with van der Waals surface area (Å²) >= 11 is 5.96. The standard InChI is InChI=1S/C14H19ClN2O2/c1-9-7-14(13(16)18,8-10(2)19-9)17-12-5-3-4-11(15)6-12/h3-6,9-10,17H,7-8H2,1-2H3,(H2,16,18). The van der Waals surface area contributed by atoms with Gasteiger partial charge in [0.1, 0.15) is 5.54 Å². The molecule has 1 fully saturated rings. The normalized spacial score (nSPS) is 30.9. The molecular formula is C14H19ClN2O2. The lowest BCUT2D eigenvalue weighted by Gasteiger charge is -2.41. The number of rotatable bonds is 3. The van der Waals surface area contributed by atoms with Crippen LogP contribution in [0.3, 0.4) is 0 Å². The molecule has 2 rings (SSSR count). The van der Waals surface area contributed by atoms with E-state index in [2.05, 4.69) is 5.32 Å². The number of primary amides is 1. The van der Waals surface area contributed by atoms with E-state index in [0.29, 0.717) is 17.9 Å². The van der Waals surface area contributed by atoms with Gasteiger partial charge in [-0.05, 0) is 32.0 Å². The van der Waals surface area contributed by atoms with Gasteiger partial charge in [0.2, 0.25) is 5.91 Å². The number of benzene rings is 1. The van der Waals surface area contributed by atoms with Crippen LogP contribution >= 0.6 is 11.6 Å². The van der Waals surface area contributed by atoms with Gasteiger partial charge in [-0.1, -0.05) is 17.7 Å². The van der Waals surface area contributed by atoms with Crippen LogP contribution in [0, 0.1) is 0 Å². The number of halogens is 1. The lowest BCUT2D eigenvalue weighted by molar-refractivity contribution is -0.131. The van der Waals surface area contributed by atoms with Crippen molar-refractivity contribution in [2.45, 2.75) is 44.4 Å². The van der Waals surface area contributed by atoms with Gasteiger partial charge in [0.15, 0.2) is 0 Å². The number of anilines is 1. The second-order valence-electron chi connectivity index (χ2n) is 5.25. The van der Waals surface area contributed by atoms with Gasteiger partial charge in [-0.15, -0.1) is 0 Å². The number of hydrogen-bond acceptors (Lipinski definition) is 3. The lowest BCUT2D eigenvalue weighted by atomic mass is 9.83. The van der Waals surface area contributed by atoms with Crippen molar-refractivity contribution in [2.24, 2.45) is 5.73 Å². The van der Waals surface area contributed by atoms with Gasteiger partial charge in [0.25, 0.3) is 0 Å². The maximum absolute atomic E-state index is 11.9. The third-order valence-electron chi connectivity index (χ3n) is 3.42. The molecule has 1 aliphatic rings. The van der Waals surface area contributed by atoms with Crippen molar-refractivity contribution >= 4 is 23.2 Å². The van der Waals surface area contributed by atoms with Crippen LogP contribution in [-0.4, -0.2) is 23.7 Å². The summed E-state index contributed by atoms with van der Waals surface area (Å²) in [5.41, 5.74) is 5.65. The van der Waals surface area contributed by atoms with E-state index in [4.69, 9.17) is 22.1 Å². The fraction of sp³-hybridized carbons (Fsp3) is 0.500. The van der Waals surface area contributed by atoms with E-state index in [1.165, 1.54) is 0 Å². The van der Waals surface area contributed by atoms with E-state index in [1.54, 1.807) is 12.1 Å². The van der Waals surface area contributed by atoms with Crippen LogP contribution in [0.4, 0.5) is 5.69 Å². The molecule has 104 valence electrons. The zero-order valence-electron chi connectivity index (χ0n) is 11.2. The van der Waals surface area contributed by atoms with Gasteiger partial charge in [-0.3, -0.25) is 4.79 Å². The van der Waals surface area contributed by atoms with E-state index >= 15 is 0 Å². The van der Waals surface area contributed by atoms with E-state index in [-0.39, 0.29) is 18.1 Å². The average Bonchev–Trinajstić information content (AvgIpc) is 2.27. The number of carbonyl (C=O) groups is 1. The molecular weight excluding hydrogens is 264 g/mol. The van der Waals surface area contributed by atoms with Crippen LogP contribution in [0.1, 0.15) is 26.7 Å². The molecule has 0 spiro atoms. The van der Waals surface area contributed by atoms with Gasteiger partial charge in [-0.2, -0.15) is 0 Å². The Morgan fingerprint density at radius 1 is 1.42 bits per heavy atom. The quantitative estimate of drug-likeness (QED) is 0.895. The van der Waals surface area contributed by atoms with Crippen molar-refractivity contribution in [2.75, 3.05) is 5.32 Å². The highest BCUT2D eigenvalue weighted by atomic mass is 35.5. The summed E-state index contributed by atoms with van der Waals surface area (Å²) in [7, 11) is 0. The highest BCUT2D eigenvalue weighted by Gasteiger charge is 2.43. The molecule has 3 N–H and O–H groups in total. The second-order valence-corrected chi connectivity index (χ2v) is 5.68. The van der Waals surface area contributed by atoms with Crippen LogP contribution in [0.2, 0.25) is 5.02 Å². The summed E-state index contributed by atoms with van der Waals surface area (Å²) in [5, 5.41) is 3.88. The number of carbonyl (C=O) groups excluding carboxylic acids is 1. The first-order valence-corrected chi connectivity index (χ1v) is 6.78. The molecule has 1 amide bonds. The summed E-state index contributed by atoms with van der Waals surface area (Å²) in [4.78, 5) is 11.9. The minimum absolute atomic E-state index is 0.0112. The zero-order valence-corrected chi connectivity index (χ0v) is 11.9. The Kier molecular flexibility index (Phi) is 4.02. The predicted octanol–water partition coefficient (Wildman–Crippen LogP) is 2.56. The van der Waals surface area contributed by atoms with Crippen molar-refractivity contribution < 1.29 is 9.53 Å². The third kappa shape index (κ3) is 3.19. The molecule has 0 aliphatic carbocycles. The topological polar surface area (TPSA) is 64.3 Å². The van der Waals surface area contributed by atoms with Crippen LogP contribution in [0.15, 0.2) is 24.3 Å². The molecule has 0 radical (unpaired) electrons. The minimum atomic E-state index is -0.776. The smallest absolute Gasteiger partial charge is 0.243 e. The summed E-state index contributed by atoms with van der Waals surface area (Å²) in [6.45, 7) is 3.90. The van der Waals surface area contributed by atoms with Crippen LogP contribution < -0.4 is 11.1 Å². The first kappa shape index (κ1) is 14.2. The molecule has 1 saturated heterocycles. The Bertz CT molecular complexity index is 468. The molecule has 5 heteroatoms.